The normalized spacial score (nSPS) is 23.4. The summed E-state index contributed by atoms with van der Waals surface area (Å²) in [4.78, 5) is 19.1. The van der Waals surface area contributed by atoms with E-state index in [4.69, 9.17) is 5.73 Å². The average Bonchev–Trinajstić information content (AvgIpc) is 3.09. The van der Waals surface area contributed by atoms with Crippen molar-refractivity contribution in [2.45, 2.75) is 25.3 Å². The Hall–Kier alpha value is -1.89. The number of hydrogen-bond acceptors (Lipinski definition) is 6. The second-order valence-corrected chi connectivity index (χ2v) is 5.46. The van der Waals surface area contributed by atoms with Crippen LogP contribution < -0.4 is 10.6 Å². The standard InChI is InChI=1S/C13H19N5O2/c14-13-11(18(19)20)3-4-12(15-13)17-8-5-10(9-17)16-6-1-2-7-16/h3-4,10H,1-2,5-9H2,(H2,14,15). The smallest absolute Gasteiger partial charge is 0.311 e. The molecule has 7 nitrogen and oxygen atoms in total. The Morgan fingerprint density at radius 1 is 1.30 bits per heavy atom. The molecule has 1 atom stereocenters. The van der Waals surface area contributed by atoms with Gasteiger partial charge in [-0.05, 0) is 38.4 Å². The third-order valence-electron chi connectivity index (χ3n) is 4.23. The quantitative estimate of drug-likeness (QED) is 0.660. The lowest BCUT2D eigenvalue weighted by Gasteiger charge is -2.24. The van der Waals surface area contributed by atoms with Gasteiger partial charge in [-0.1, -0.05) is 0 Å². The summed E-state index contributed by atoms with van der Waals surface area (Å²) in [6.07, 6.45) is 3.71. The van der Waals surface area contributed by atoms with Gasteiger partial charge in [0.2, 0.25) is 5.82 Å². The lowest BCUT2D eigenvalue weighted by Crippen LogP contribution is -2.35. The highest BCUT2D eigenvalue weighted by molar-refractivity contribution is 5.58. The van der Waals surface area contributed by atoms with E-state index in [-0.39, 0.29) is 11.5 Å². The minimum Gasteiger partial charge on any atom is -0.378 e. The Bertz CT molecular complexity index is 515. The van der Waals surface area contributed by atoms with E-state index in [0.29, 0.717) is 6.04 Å². The van der Waals surface area contributed by atoms with E-state index in [1.807, 2.05) is 0 Å². The van der Waals surface area contributed by atoms with Crippen LogP contribution in [0.4, 0.5) is 17.3 Å². The molecule has 2 N–H and O–H groups in total. The summed E-state index contributed by atoms with van der Waals surface area (Å²) in [7, 11) is 0. The maximum Gasteiger partial charge on any atom is 0.311 e. The number of rotatable bonds is 3. The van der Waals surface area contributed by atoms with Gasteiger partial charge in [0, 0.05) is 25.2 Å². The summed E-state index contributed by atoms with van der Waals surface area (Å²) in [6.45, 7) is 4.25. The summed E-state index contributed by atoms with van der Waals surface area (Å²) >= 11 is 0. The molecular formula is C13H19N5O2. The molecule has 0 radical (unpaired) electrons. The molecule has 2 saturated heterocycles. The first kappa shape index (κ1) is 13.1. The highest BCUT2D eigenvalue weighted by Crippen LogP contribution is 2.27. The van der Waals surface area contributed by atoms with E-state index in [2.05, 4.69) is 14.8 Å². The molecule has 0 saturated carbocycles. The lowest BCUT2D eigenvalue weighted by molar-refractivity contribution is -0.384. The Kier molecular flexibility index (Phi) is 3.43. The molecule has 1 aromatic heterocycles. The Balaban J connectivity index is 1.71. The van der Waals surface area contributed by atoms with Gasteiger partial charge < -0.3 is 10.6 Å². The fraction of sp³-hybridized carbons (Fsp3) is 0.615. The van der Waals surface area contributed by atoms with Gasteiger partial charge in [0.15, 0.2) is 0 Å². The maximum atomic E-state index is 10.7. The van der Waals surface area contributed by atoms with E-state index in [9.17, 15) is 10.1 Å². The number of nitrogens with zero attached hydrogens (tertiary/aromatic N) is 4. The number of nitro groups is 1. The summed E-state index contributed by atoms with van der Waals surface area (Å²) in [6, 6.07) is 3.72. The Morgan fingerprint density at radius 2 is 2.05 bits per heavy atom. The van der Waals surface area contributed by atoms with Crippen LogP contribution in [0.2, 0.25) is 0 Å². The molecule has 0 spiro atoms. The predicted molar refractivity (Wildman–Crippen MR) is 76.7 cm³/mol. The topological polar surface area (TPSA) is 88.5 Å². The molecule has 108 valence electrons. The molecule has 2 aliphatic rings. The van der Waals surface area contributed by atoms with E-state index in [0.717, 1.165) is 25.3 Å². The zero-order chi connectivity index (χ0) is 14.1. The monoisotopic (exact) mass is 277 g/mol. The van der Waals surface area contributed by atoms with E-state index >= 15 is 0 Å². The molecule has 2 aliphatic heterocycles. The Morgan fingerprint density at radius 3 is 2.70 bits per heavy atom. The first-order valence-electron chi connectivity index (χ1n) is 7.05. The highest BCUT2D eigenvalue weighted by atomic mass is 16.6. The summed E-state index contributed by atoms with van der Waals surface area (Å²) < 4.78 is 0. The number of pyridine rings is 1. The van der Waals surface area contributed by atoms with E-state index in [1.165, 1.54) is 32.0 Å². The minimum absolute atomic E-state index is 0.00266. The SMILES string of the molecule is Nc1nc(N2CCC(N3CCCC3)C2)ccc1[N+](=O)[O-]. The fourth-order valence-electron chi connectivity index (χ4n) is 3.14. The molecule has 0 amide bonds. The minimum atomic E-state index is -0.497. The van der Waals surface area contributed by atoms with Crippen LogP contribution in [0, 0.1) is 10.1 Å². The van der Waals surface area contributed by atoms with Crippen LogP contribution in [0.25, 0.3) is 0 Å². The van der Waals surface area contributed by atoms with E-state index < -0.39 is 4.92 Å². The van der Waals surface area contributed by atoms with Crippen molar-refractivity contribution in [3.8, 4) is 0 Å². The molecular weight excluding hydrogens is 258 g/mol. The molecule has 3 heterocycles. The molecule has 2 fully saturated rings. The number of nitrogen functional groups attached to an aromatic ring is 1. The van der Waals surface area contributed by atoms with Crippen LogP contribution in [0.3, 0.4) is 0 Å². The molecule has 3 rings (SSSR count). The summed E-state index contributed by atoms with van der Waals surface area (Å²) in [5.41, 5.74) is 5.54. The summed E-state index contributed by atoms with van der Waals surface area (Å²) in [5, 5.41) is 10.7. The van der Waals surface area contributed by atoms with Gasteiger partial charge in [0.25, 0.3) is 0 Å². The zero-order valence-electron chi connectivity index (χ0n) is 11.4. The van der Waals surface area contributed by atoms with Crippen molar-refractivity contribution in [2.24, 2.45) is 0 Å². The van der Waals surface area contributed by atoms with Crippen LogP contribution in [0.5, 0.6) is 0 Å². The molecule has 20 heavy (non-hydrogen) atoms. The predicted octanol–water partition coefficient (Wildman–Crippen LogP) is 1.25. The molecule has 1 aromatic rings. The number of nitrogens with two attached hydrogens (primary N) is 1. The van der Waals surface area contributed by atoms with Crippen molar-refractivity contribution in [1.29, 1.82) is 0 Å². The van der Waals surface area contributed by atoms with E-state index in [1.54, 1.807) is 6.07 Å². The third kappa shape index (κ3) is 2.40. The van der Waals surface area contributed by atoms with Gasteiger partial charge in [0.05, 0.1) is 4.92 Å². The molecule has 0 aromatic carbocycles. The number of likely N-dealkylation sites (tertiary alicyclic amines) is 1. The lowest BCUT2D eigenvalue weighted by atomic mass is 10.2. The number of hydrogen-bond donors (Lipinski definition) is 1. The first-order chi connectivity index (χ1) is 9.65. The second kappa shape index (κ2) is 5.24. The van der Waals surface area contributed by atoms with Gasteiger partial charge >= 0.3 is 5.69 Å². The fourth-order valence-corrected chi connectivity index (χ4v) is 3.14. The maximum absolute atomic E-state index is 10.7. The third-order valence-corrected chi connectivity index (χ3v) is 4.23. The van der Waals surface area contributed by atoms with Gasteiger partial charge in [0.1, 0.15) is 5.82 Å². The van der Waals surface area contributed by atoms with Crippen molar-refractivity contribution in [3.63, 3.8) is 0 Å². The van der Waals surface area contributed by atoms with Gasteiger partial charge in [-0.15, -0.1) is 0 Å². The summed E-state index contributed by atoms with van der Waals surface area (Å²) in [5.74, 6) is 0.743. The van der Waals surface area contributed by atoms with Gasteiger partial charge in [-0.2, -0.15) is 0 Å². The molecule has 7 heteroatoms. The molecule has 1 unspecified atom stereocenters. The van der Waals surface area contributed by atoms with Crippen LogP contribution in [-0.4, -0.2) is 47.0 Å². The van der Waals surface area contributed by atoms with Crippen LogP contribution in [0.15, 0.2) is 12.1 Å². The van der Waals surface area contributed by atoms with Crippen LogP contribution in [0.1, 0.15) is 19.3 Å². The van der Waals surface area contributed by atoms with Crippen molar-refractivity contribution in [1.82, 2.24) is 9.88 Å². The second-order valence-electron chi connectivity index (χ2n) is 5.46. The first-order valence-corrected chi connectivity index (χ1v) is 7.05. The van der Waals surface area contributed by atoms with Crippen LogP contribution >= 0.6 is 0 Å². The Labute approximate surface area is 117 Å². The highest BCUT2D eigenvalue weighted by Gasteiger charge is 2.30. The van der Waals surface area contributed by atoms with Crippen molar-refractivity contribution in [2.75, 3.05) is 36.8 Å². The van der Waals surface area contributed by atoms with Crippen molar-refractivity contribution in [3.05, 3.63) is 22.2 Å². The molecule has 0 bridgehead atoms. The number of anilines is 2. The van der Waals surface area contributed by atoms with Crippen molar-refractivity contribution < 1.29 is 4.92 Å². The van der Waals surface area contributed by atoms with Gasteiger partial charge in [-0.25, -0.2) is 4.98 Å². The molecule has 0 aliphatic carbocycles. The van der Waals surface area contributed by atoms with Crippen molar-refractivity contribution >= 4 is 17.3 Å². The average molecular weight is 277 g/mol. The zero-order valence-corrected chi connectivity index (χ0v) is 11.4. The van der Waals surface area contributed by atoms with Gasteiger partial charge in [-0.3, -0.25) is 15.0 Å². The van der Waals surface area contributed by atoms with Crippen LogP contribution in [-0.2, 0) is 0 Å². The largest absolute Gasteiger partial charge is 0.378 e. The number of aromatic nitrogens is 1.